The van der Waals surface area contributed by atoms with Crippen LogP contribution in [0.4, 0.5) is 4.39 Å². The van der Waals surface area contributed by atoms with Crippen LogP contribution in [0.3, 0.4) is 0 Å². The minimum atomic E-state index is -0.897. The molecule has 0 saturated heterocycles. The van der Waals surface area contributed by atoms with Gasteiger partial charge < -0.3 is 0 Å². The minimum absolute atomic E-state index is 0.334. The molecule has 0 fully saturated rings. The van der Waals surface area contributed by atoms with Gasteiger partial charge in [-0.1, -0.05) is 18.2 Å². The third kappa shape index (κ3) is 2.29. The maximum absolute atomic E-state index is 14.3. The quantitative estimate of drug-likeness (QED) is 0.781. The van der Waals surface area contributed by atoms with Crippen LogP contribution in [-0.2, 0) is 10.8 Å². The molecular weight excluding hydrogens is 215 g/mol. The van der Waals surface area contributed by atoms with Gasteiger partial charge in [-0.15, -0.1) is 0 Å². The summed E-state index contributed by atoms with van der Waals surface area (Å²) in [4.78, 5) is 0. The molecule has 17 heavy (non-hydrogen) atoms. The Balaban J connectivity index is 3.49. The molecule has 1 aromatic carbocycles. The molecule has 0 aliphatic carbocycles. The maximum atomic E-state index is 14.3. The van der Waals surface area contributed by atoms with Crippen LogP contribution >= 0.6 is 0 Å². The molecular formula is C14H15FN2. The third-order valence-electron chi connectivity index (χ3n) is 2.90. The fraction of sp³-hybridized carbons (Fsp3) is 0.429. The molecule has 0 aliphatic rings. The Labute approximate surface area is 101 Å². The van der Waals surface area contributed by atoms with E-state index in [2.05, 4.69) is 12.1 Å². The van der Waals surface area contributed by atoms with E-state index in [4.69, 9.17) is 10.5 Å². The average molecular weight is 230 g/mol. The Morgan fingerprint density at radius 2 is 1.29 bits per heavy atom. The highest BCUT2D eigenvalue weighted by Gasteiger charge is 2.30. The van der Waals surface area contributed by atoms with Crippen molar-refractivity contribution in [1.82, 2.24) is 0 Å². The second-order valence-electron chi connectivity index (χ2n) is 5.14. The lowest BCUT2D eigenvalue weighted by atomic mass is 9.79. The van der Waals surface area contributed by atoms with Gasteiger partial charge in [-0.2, -0.15) is 10.5 Å². The molecule has 0 spiro atoms. The molecule has 0 amide bonds. The van der Waals surface area contributed by atoms with E-state index >= 15 is 0 Å². The van der Waals surface area contributed by atoms with Gasteiger partial charge in [0.25, 0.3) is 0 Å². The minimum Gasteiger partial charge on any atom is -0.206 e. The van der Waals surface area contributed by atoms with Gasteiger partial charge >= 0.3 is 0 Å². The zero-order valence-electron chi connectivity index (χ0n) is 10.5. The first-order valence-electron chi connectivity index (χ1n) is 5.38. The van der Waals surface area contributed by atoms with Crippen LogP contribution in [0.1, 0.15) is 38.8 Å². The topological polar surface area (TPSA) is 47.6 Å². The lowest BCUT2D eigenvalue weighted by Crippen LogP contribution is -2.22. The maximum Gasteiger partial charge on any atom is 0.132 e. The van der Waals surface area contributed by atoms with Gasteiger partial charge in [0.1, 0.15) is 5.82 Å². The number of nitriles is 2. The molecule has 0 unspecified atom stereocenters. The fourth-order valence-electron chi connectivity index (χ4n) is 1.62. The van der Waals surface area contributed by atoms with E-state index in [0.29, 0.717) is 11.1 Å². The van der Waals surface area contributed by atoms with E-state index in [1.807, 2.05) is 0 Å². The molecule has 2 nitrogen and oxygen atoms in total. The van der Waals surface area contributed by atoms with Crippen molar-refractivity contribution in [2.24, 2.45) is 0 Å². The van der Waals surface area contributed by atoms with Gasteiger partial charge in [0.05, 0.1) is 23.0 Å². The van der Waals surface area contributed by atoms with Crippen LogP contribution < -0.4 is 0 Å². The number of hydrogen-bond donors (Lipinski definition) is 0. The summed E-state index contributed by atoms with van der Waals surface area (Å²) in [5.41, 5.74) is -1.13. The SMILES string of the molecule is CC(C)(C#N)c1cccc(C(C)(C)C#N)c1F. The van der Waals surface area contributed by atoms with E-state index in [1.54, 1.807) is 45.9 Å². The molecule has 0 atom stereocenters. The molecule has 0 radical (unpaired) electrons. The Kier molecular flexibility index (Phi) is 3.25. The average Bonchev–Trinajstić information content (AvgIpc) is 2.28. The first-order chi connectivity index (χ1) is 7.76. The number of benzene rings is 1. The summed E-state index contributed by atoms with van der Waals surface area (Å²) < 4.78 is 14.3. The predicted molar refractivity (Wildman–Crippen MR) is 63.7 cm³/mol. The van der Waals surface area contributed by atoms with Crippen LogP contribution in [0.5, 0.6) is 0 Å². The van der Waals surface area contributed by atoms with E-state index in [1.165, 1.54) is 0 Å². The Morgan fingerprint density at radius 3 is 1.59 bits per heavy atom. The Bertz CT molecular complexity index is 472. The van der Waals surface area contributed by atoms with Crippen molar-refractivity contribution >= 4 is 0 Å². The molecule has 0 N–H and O–H groups in total. The highest BCUT2D eigenvalue weighted by atomic mass is 19.1. The Morgan fingerprint density at radius 1 is 0.941 bits per heavy atom. The lowest BCUT2D eigenvalue weighted by molar-refractivity contribution is 0.525. The molecule has 3 heteroatoms. The van der Waals surface area contributed by atoms with Crippen molar-refractivity contribution in [2.75, 3.05) is 0 Å². The van der Waals surface area contributed by atoms with E-state index in [0.717, 1.165) is 0 Å². The molecule has 0 saturated carbocycles. The lowest BCUT2D eigenvalue weighted by Gasteiger charge is -2.22. The van der Waals surface area contributed by atoms with Crippen molar-refractivity contribution in [3.8, 4) is 12.1 Å². The van der Waals surface area contributed by atoms with E-state index in [-0.39, 0.29) is 0 Å². The summed E-state index contributed by atoms with van der Waals surface area (Å²) in [5.74, 6) is -0.453. The van der Waals surface area contributed by atoms with Crippen LogP contribution in [0.15, 0.2) is 18.2 Å². The van der Waals surface area contributed by atoms with Gasteiger partial charge in [0, 0.05) is 11.1 Å². The predicted octanol–water partition coefficient (Wildman–Crippen LogP) is 3.43. The van der Waals surface area contributed by atoms with Crippen LogP contribution in [0.25, 0.3) is 0 Å². The zero-order valence-corrected chi connectivity index (χ0v) is 10.5. The standard InChI is InChI=1S/C14H15FN2/c1-13(2,8-16)10-6-5-7-11(12(10)15)14(3,4)9-17/h5-7H,1-4H3. The highest BCUT2D eigenvalue weighted by Crippen LogP contribution is 2.32. The molecule has 0 heterocycles. The number of nitrogens with zero attached hydrogens (tertiary/aromatic N) is 2. The second-order valence-corrected chi connectivity index (χ2v) is 5.14. The molecule has 88 valence electrons. The first kappa shape index (κ1) is 13.2. The Hall–Kier alpha value is -1.87. The van der Waals surface area contributed by atoms with Crippen molar-refractivity contribution in [1.29, 1.82) is 10.5 Å². The fourth-order valence-corrected chi connectivity index (χ4v) is 1.62. The molecule has 0 bridgehead atoms. The van der Waals surface area contributed by atoms with Crippen molar-refractivity contribution in [2.45, 2.75) is 38.5 Å². The van der Waals surface area contributed by atoms with Crippen molar-refractivity contribution in [3.05, 3.63) is 35.1 Å². The largest absolute Gasteiger partial charge is 0.206 e. The van der Waals surface area contributed by atoms with Crippen molar-refractivity contribution in [3.63, 3.8) is 0 Å². The van der Waals surface area contributed by atoms with Gasteiger partial charge in [-0.3, -0.25) is 0 Å². The highest BCUT2D eigenvalue weighted by molar-refractivity contribution is 5.40. The van der Waals surface area contributed by atoms with Crippen LogP contribution in [-0.4, -0.2) is 0 Å². The van der Waals surface area contributed by atoms with E-state index in [9.17, 15) is 4.39 Å². The number of halogens is 1. The molecule has 0 aromatic heterocycles. The normalized spacial score (nSPS) is 11.7. The monoisotopic (exact) mass is 230 g/mol. The smallest absolute Gasteiger partial charge is 0.132 e. The number of rotatable bonds is 2. The number of hydrogen-bond acceptors (Lipinski definition) is 2. The summed E-state index contributed by atoms with van der Waals surface area (Å²) in [6.45, 7) is 6.65. The second kappa shape index (κ2) is 4.18. The molecule has 0 aliphatic heterocycles. The third-order valence-corrected chi connectivity index (χ3v) is 2.90. The van der Waals surface area contributed by atoms with Crippen molar-refractivity contribution < 1.29 is 4.39 Å². The molecule has 1 aromatic rings. The van der Waals surface area contributed by atoms with Crippen LogP contribution in [0.2, 0.25) is 0 Å². The van der Waals surface area contributed by atoms with E-state index < -0.39 is 16.6 Å². The van der Waals surface area contributed by atoms with Gasteiger partial charge in [-0.25, -0.2) is 4.39 Å². The summed E-state index contributed by atoms with van der Waals surface area (Å²) in [6, 6.07) is 9.02. The summed E-state index contributed by atoms with van der Waals surface area (Å²) in [6.07, 6.45) is 0. The summed E-state index contributed by atoms with van der Waals surface area (Å²) in [5, 5.41) is 18.1. The summed E-state index contributed by atoms with van der Waals surface area (Å²) >= 11 is 0. The molecule has 1 rings (SSSR count). The van der Waals surface area contributed by atoms with Gasteiger partial charge in [0.15, 0.2) is 0 Å². The summed E-state index contributed by atoms with van der Waals surface area (Å²) in [7, 11) is 0. The first-order valence-corrected chi connectivity index (χ1v) is 5.38. The van der Waals surface area contributed by atoms with Gasteiger partial charge in [0.2, 0.25) is 0 Å². The zero-order chi connectivity index (χ0) is 13.3. The van der Waals surface area contributed by atoms with Crippen LogP contribution in [0, 0.1) is 28.5 Å². The van der Waals surface area contributed by atoms with Gasteiger partial charge in [-0.05, 0) is 27.7 Å².